The fourth-order valence-electron chi connectivity index (χ4n) is 1.40. The van der Waals surface area contributed by atoms with Crippen molar-refractivity contribution >= 4 is 27.7 Å². The molecule has 1 N–H and O–H groups in total. The first-order valence-electron chi connectivity index (χ1n) is 5.29. The van der Waals surface area contributed by atoms with Crippen LogP contribution in [0.1, 0.15) is 0 Å². The Kier molecular flexibility index (Phi) is 3.51. The first kappa shape index (κ1) is 12.2. The second-order valence-electron chi connectivity index (χ2n) is 3.48. The minimum atomic E-state index is 0.596. The van der Waals surface area contributed by atoms with Gasteiger partial charge >= 0.3 is 0 Å². The lowest BCUT2D eigenvalue weighted by Gasteiger charge is -1.95. The third-order valence-corrected chi connectivity index (χ3v) is 3.35. The molecule has 0 spiro atoms. The summed E-state index contributed by atoms with van der Waals surface area (Å²) < 4.78 is 0.683. The molecule has 0 fully saturated rings. The number of hydrogen-bond acceptors (Lipinski definition) is 6. The van der Waals surface area contributed by atoms with Gasteiger partial charge < -0.3 is 0 Å². The summed E-state index contributed by atoms with van der Waals surface area (Å²) in [6, 6.07) is 3.74. The van der Waals surface area contributed by atoms with E-state index >= 15 is 0 Å². The zero-order valence-corrected chi connectivity index (χ0v) is 11.9. The second kappa shape index (κ2) is 5.45. The molecule has 6 nitrogen and oxygen atoms in total. The van der Waals surface area contributed by atoms with Crippen molar-refractivity contribution in [2.45, 2.75) is 10.2 Å². The van der Waals surface area contributed by atoms with Gasteiger partial charge in [0.2, 0.25) is 5.16 Å². The van der Waals surface area contributed by atoms with Gasteiger partial charge in [0, 0.05) is 18.0 Å². The molecule has 0 bridgehead atoms. The van der Waals surface area contributed by atoms with Gasteiger partial charge in [-0.15, -0.1) is 5.10 Å². The molecule has 0 atom stereocenters. The van der Waals surface area contributed by atoms with Gasteiger partial charge in [0.05, 0.1) is 12.4 Å². The van der Waals surface area contributed by atoms with E-state index in [2.05, 4.69) is 46.1 Å². The summed E-state index contributed by atoms with van der Waals surface area (Å²) in [5.74, 6) is 0.702. The van der Waals surface area contributed by atoms with Crippen LogP contribution >= 0.6 is 27.7 Å². The molecule has 0 aliphatic heterocycles. The van der Waals surface area contributed by atoms with Crippen molar-refractivity contribution in [2.24, 2.45) is 0 Å². The topological polar surface area (TPSA) is 80.2 Å². The molecule has 0 unspecified atom stereocenters. The average Bonchev–Trinajstić information content (AvgIpc) is 2.88. The lowest BCUT2D eigenvalue weighted by molar-refractivity contribution is 0.958. The highest BCUT2D eigenvalue weighted by Crippen LogP contribution is 2.24. The third kappa shape index (κ3) is 2.96. The van der Waals surface area contributed by atoms with Crippen LogP contribution in [0.25, 0.3) is 11.4 Å². The van der Waals surface area contributed by atoms with Crippen molar-refractivity contribution in [3.8, 4) is 11.4 Å². The Morgan fingerprint density at radius 2 is 1.89 bits per heavy atom. The van der Waals surface area contributed by atoms with Gasteiger partial charge in [-0.25, -0.2) is 9.97 Å². The molecule has 19 heavy (non-hydrogen) atoms. The maximum atomic E-state index is 4.39. The Balaban J connectivity index is 1.82. The zero-order chi connectivity index (χ0) is 13.1. The summed E-state index contributed by atoms with van der Waals surface area (Å²) in [6.45, 7) is 0. The number of rotatable bonds is 3. The van der Waals surface area contributed by atoms with Crippen molar-refractivity contribution in [3.05, 3.63) is 41.5 Å². The SMILES string of the molecule is Brc1cncc(Sc2n[nH]c(-c3ccncc3)n2)n1. The Morgan fingerprint density at radius 1 is 1.05 bits per heavy atom. The molecule has 0 radical (unpaired) electrons. The zero-order valence-electron chi connectivity index (χ0n) is 9.49. The summed E-state index contributed by atoms with van der Waals surface area (Å²) in [4.78, 5) is 16.7. The molecule has 3 rings (SSSR count). The minimum Gasteiger partial charge on any atom is -0.265 e. The predicted molar refractivity (Wildman–Crippen MR) is 73.5 cm³/mol. The number of pyridine rings is 1. The monoisotopic (exact) mass is 334 g/mol. The molecular formula is C11H7BrN6S. The lowest BCUT2D eigenvalue weighted by Crippen LogP contribution is -1.84. The highest BCUT2D eigenvalue weighted by molar-refractivity contribution is 9.10. The van der Waals surface area contributed by atoms with Crippen molar-refractivity contribution in [1.29, 1.82) is 0 Å². The molecule has 3 heterocycles. The van der Waals surface area contributed by atoms with Gasteiger partial charge in [0.15, 0.2) is 5.82 Å². The standard InChI is InChI=1S/C11H7BrN6S/c12-8-5-14-6-9(15-8)19-11-16-10(17-18-11)7-1-3-13-4-2-7/h1-6H,(H,16,17,18). The maximum Gasteiger partial charge on any atom is 0.215 e. The van der Waals surface area contributed by atoms with Crippen molar-refractivity contribution in [1.82, 2.24) is 30.1 Å². The van der Waals surface area contributed by atoms with Crippen molar-refractivity contribution < 1.29 is 0 Å². The van der Waals surface area contributed by atoms with Gasteiger partial charge in [0.1, 0.15) is 9.63 Å². The van der Waals surface area contributed by atoms with Gasteiger partial charge in [-0.05, 0) is 39.8 Å². The maximum absolute atomic E-state index is 4.39. The van der Waals surface area contributed by atoms with Crippen molar-refractivity contribution in [3.63, 3.8) is 0 Å². The van der Waals surface area contributed by atoms with Crippen LogP contribution in [0.5, 0.6) is 0 Å². The Labute approximate surface area is 121 Å². The number of halogens is 1. The van der Waals surface area contributed by atoms with Gasteiger partial charge in [0.25, 0.3) is 0 Å². The summed E-state index contributed by atoms with van der Waals surface area (Å²) in [7, 11) is 0. The quantitative estimate of drug-likeness (QED) is 0.792. The van der Waals surface area contributed by atoms with E-state index in [9.17, 15) is 0 Å². The van der Waals surface area contributed by atoms with E-state index in [1.54, 1.807) is 24.8 Å². The van der Waals surface area contributed by atoms with Gasteiger partial charge in [-0.2, -0.15) is 0 Å². The van der Waals surface area contributed by atoms with E-state index < -0.39 is 0 Å². The van der Waals surface area contributed by atoms with Crippen LogP contribution in [0.3, 0.4) is 0 Å². The number of nitrogens with zero attached hydrogens (tertiary/aromatic N) is 5. The lowest BCUT2D eigenvalue weighted by atomic mass is 10.3. The fraction of sp³-hybridized carbons (Fsp3) is 0. The highest BCUT2D eigenvalue weighted by Gasteiger charge is 2.08. The Bertz CT molecular complexity index is 686. The van der Waals surface area contributed by atoms with E-state index in [-0.39, 0.29) is 0 Å². The molecule has 0 amide bonds. The highest BCUT2D eigenvalue weighted by atomic mass is 79.9. The summed E-state index contributed by atoms with van der Waals surface area (Å²) in [6.07, 6.45) is 6.72. The van der Waals surface area contributed by atoms with Crippen LogP contribution in [0.2, 0.25) is 0 Å². The number of nitrogens with one attached hydrogen (secondary N) is 1. The molecule has 0 aliphatic rings. The largest absolute Gasteiger partial charge is 0.265 e. The molecule has 0 aliphatic carbocycles. The molecular weight excluding hydrogens is 328 g/mol. The minimum absolute atomic E-state index is 0.596. The molecule has 3 aromatic rings. The number of aromatic amines is 1. The van der Waals surface area contributed by atoms with Crippen LogP contribution < -0.4 is 0 Å². The summed E-state index contributed by atoms with van der Waals surface area (Å²) in [5, 5.41) is 8.36. The number of hydrogen-bond donors (Lipinski definition) is 1. The fourth-order valence-corrected chi connectivity index (χ4v) is 2.50. The van der Waals surface area contributed by atoms with Crippen LogP contribution in [0, 0.1) is 0 Å². The Hall–Kier alpha value is -1.80. The molecule has 8 heteroatoms. The number of aromatic nitrogens is 6. The summed E-state index contributed by atoms with van der Waals surface area (Å²) >= 11 is 4.62. The van der Waals surface area contributed by atoms with Crippen LogP contribution in [0.4, 0.5) is 0 Å². The van der Waals surface area contributed by atoms with Crippen molar-refractivity contribution in [2.75, 3.05) is 0 Å². The first-order valence-corrected chi connectivity index (χ1v) is 6.90. The molecule has 94 valence electrons. The molecule has 0 aromatic carbocycles. The second-order valence-corrected chi connectivity index (χ2v) is 5.28. The molecule has 3 aromatic heterocycles. The Morgan fingerprint density at radius 3 is 2.68 bits per heavy atom. The smallest absolute Gasteiger partial charge is 0.215 e. The third-order valence-electron chi connectivity index (χ3n) is 2.20. The van der Waals surface area contributed by atoms with Crippen LogP contribution in [0.15, 0.2) is 51.7 Å². The van der Waals surface area contributed by atoms with E-state index in [1.165, 1.54) is 11.8 Å². The van der Waals surface area contributed by atoms with E-state index in [0.29, 0.717) is 15.6 Å². The first-order chi connectivity index (χ1) is 9.31. The summed E-state index contributed by atoms with van der Waals surface area (Å²) in [5.41, 5.74) is 0.940. The average molecular weight is 335 g/mol. The van der Waals surface area contributed by atoms with E-state index in [0.717, 1.165) is 10.6 Å². The van der Waals surface area contributed by atoms with Gasteiger partial charge in [-0.3, -0.25) is 15.1 Å². The molecule has 0 saturated carbocycles. The van der Waals surface area contributed by atoms with Gasteiger partial charge in [-0.1, -0.05) is 0 Å². The van der Waals surface area contributed by atoms with E-state index in [1.807, 2.05) is 12.1 Å². The normalized spacial score (nSPS) is 10.6. The van der Waals surface area contributed by atoms with Crippen LogP contribution in [-0.2, 0) is 0 Å². The van der Waals surface area contributed by atoms with Crippen LogP contribution in [-0.4, -0.2) is 30.1 Å². The van der Waals surface area contributed by atoms with E-state index in [4.69, 9.17) is 0 Å². The molecule has 0 saturated heterocycles. The number of H-pyrrole nitrogens is 1. The predicted octanol–water partition coefficient (Wildman–Crippen LogP) is 2.57.